The quantitative estimate of drug-likeness (QED) is 0.391. The van der Waals surface area contributed by atoms with Crippen molar-refractivity contribution >= 4 is 32.7 Å². The molecule has 3 aromatic rings. The number of benzene rings is 3. The Morgan fingerprint density at radius 3 is 2.42 bits per heavy atom. The van der Waals surface area contributed by atoms with E-state index in [1.165, 1.54) is 29.2 Å². The van der Waals surface area contributed by atoms with Crippen molar-refractivity contribution in [3.05, 3.63) is 64.1 Å². The summed E-state index contributed by atoms with van der Waals surface area (Å²) in [5.74, 6) is 0.341. The Kier molecular flexibility index (Phi) is 3.33. The number of fused-ring (bicyclic) bond motifs is 5. The van der Waals surface area contributed by atoms with Crippen LogP contribution in [0.15, 0.2) is 53.0 Å². The van der Waals surface area contributed by atoms with Gasteiger partial charge in [-0.1, -0.05) is 60.1 Å². The van der Waals surface area contributed by atoms with Gasteiger partial charge < -0.3 is 4.74 Å². The molecule has 0 aromatic heterocycles. The Balaban J connectivity index is 2.13. The number of carbonyl (C=O) groups excluding carboxylic acids is 1. The Morgan fingerprint density at radius 2 is 1.71 bits per heavy atom. The topological polar surface area (TPSA) is 26.3 Å². The first-order chi connectivity index (χ1) is 11.4. The molecule has 0 heterocycles. The lowest BCUT2D eigenvalue weighted by Gasteiger charge is -2.22. The first-order valence-electron chi connectivity index (χ1n) is 7.94. The molecule has 0 atom stereocenters. The van der Waals surface area contributed by atoms with E-state index >= 15 is 0 Å². The average molecular weight is 381 g/mol. The molecule has 0 radical (unpaired) electrons. The fourth-order valence-corrected chi connectivity index (χ4v) is 4.12. The van der Waals surface area contributed by atoms with Crippen molar-refractivity contribution in [1.29, 1.82) is 0 Å². The summed E-state index contributed by atoms with van der Waals surface area (Å²) in [4.78, 5) is 11.6. The molecule has 0 spiro atoms. The lowest BCUT2D eigenvalue weighted by atomic mass is 9.82. The van der Waals surface area contributed by atoms with E-state index < -0.39 is 0 Å². The summed E-state index contributed by atoms with van der Waals surface area (Å²) >= 11 is 3.59. The normalized spacial score (nSPS) is 14.3. The van der Waals surface area contributed by atoms with Gasteiger partial charge in [-0.2, -0.15) is 0 Å². The van der Waals surface area contributed by atoms with Crippen LogP contribution in [0.3, 0.4) is 0 Å². The van der Waals surface area contributed by atoms with Crippen LogP contribution in [0.1, 0.15) is 31.9 Å². The third-order valence-electron chi connectivity index (χ3n) is 4.86. The largest absolute Gasteiger partial charge is 0.426 e. The smallest absolute Gasteiger partial charge is 0.308 e. The Morgan fingerprint density at radius 1 is 1.00 bits per heavy atom. The standard InChI is InChI=1S/C21H17BrO2/c1-12(23)24-19-11-18-20(15-7-5-4-6-14(15)19)16-9-8-13(22)10-17(16)21(18,2)3/h4-11H,1-3H3. The van der Waals surface area contributed by atoms with Crippen LogP contribution in [-0.4, -0.2) is 5.97 Å². The van der Waals surface area contributed by atoms with Gasteiger partial charge in [0.25, 0.3) is 0 Å². The number of rotatable bonds is 1. The number of hydrogen-bond acceptors (Lipinski definition) is 2. The molecule has 0 fully saturated rings. The summed E-state index contributed by atoms with van der Waals surface area (Å²) in [5.41, 5.74) is 4.84. The van der Waals surface area contributed by atoms with Gasteiger partial charge in [-0.3, -0.25) is 4.79 Å². The van der Waals surface area contributed by atoms with Crippen molar-refractivity contribution in [2.75, 3.05) is 0 Å². The van der Waals surface area contributed by atoms with E-state index in [2.05, 4.69) is 54.0 Å². The molecule has 0 aliphatic heterocycles. The molecule has 0 bridgehead atoms. The minimum absolute atomic E-state index is 0.145. The molecule has 0 unspecified atom stereocenters. The Bertz CT molecular complexity index is 1000. The first-order valence-corrected chi connectivity index (χ1v) is 8.74. The van der Waals surface area contributed by atoms with Crippen molar-refractivity contribution in [2.24, 2.45) is 0 Å². The van der Waals surface area contributed by atoms with Gasteiger partial charge in [-0.25, -0.2) is 0 Å². The highest BCUT2D eigenvalue weighted by Gasteiger charge is 2.37. The maximum Gasteiger partial charge on any atom is 0.308 e. The number of carbonyl (C=O) groups is 1. The predicted molar refractivity (Wildman–Crippen MR) is 101 cm³/mol. The van der Waals surface area contributed by atoms with Gasteiger partial charge in [-0.05, 0) is 45.8 Å². The zero-order chi connectivity index (χ0) is 17.1. The number of ether oxygens (including phenoxy) is 1. The van der Waals surface area contributed by atoms with Gasteiger partial charge in [0.05, 0.1) is 0 Å². The molecule has 1 aliphatic carbocycles. The van der Waals surface area contributed by atoms with Crippen LogP contribution in [0.25, 0.3) is 21.9 Å². The van der Waals surface area contributed by atoms with Crippen molar-refractivity contribution in [2.45, 2.75) is 26.2 Å². The highest BCUT2D eigenvalue weighted by molar-refractivity contribution is 9.10. The minimum Gasteiger partial charge on any atom is -0.426 e. The maximum absolute atomic E-state index is 11.6. The highest BCUT2D eigenvalue weighted by Crippen LogP contribution is 2.53. The van der Waals surface area contributed by atoms with Crippen LogP contribution >= 0.6 is 15.9 Å². The molecule has 4 rings (SSSR count). The molecule has 0 saturated carbocycles. The molecule has 0 N–H and O–H groups in total. The second-order valence-corrected chi connectivity index (χ2v) is 7.67. The predicted octanol–water partition coefficient (Wildman–Crippen LogP) is 5.83. The van der Waals surface area contributed by atoms with Crippen LogP contribution in [-0.2, 0) is 10.2 Å². The molecule has 1 aliphatic rings. The Labute approximate surface area is 149 Å². The Hall–Kier alpha value is -2.13. The third kappa shape index (κ3) is 2.11. The minimum atomic E-state index is -0.295. The van der Waals surface area contributed by atoms with Gasteiger partial charge in [0.15, 0.2) is 0 Å². The van der Waals surface area contributed by atoms with Gasteiger partial charge in [0, 0.05) is 22.2 Å². The van der Waals surface area contributed by atoms with Crippen molar-refractivity contribution in [3.63, 3.8) is 0 Å². The molecule has 2 nitrogen and oxygen atoms in total. The van der Waals surface area contributed by atoms with E-state index in [1.54, 1.807) is 0 Å². The molecular formula is C21H17BrO2. The van der Waals surface area contributed by atoms with E-state index in [0.717, 1.165) is 15.2 Å². The second kappa shape index (κ2) is 5.18. The summed E-state index contributed by atoms with van der Waals surface area (Å²) in [6, 6.07) is 16.6. The fourth-order valence-electron chi connectivity index (χ4n) is 3.76. The van der Waals surface area contributed by atoms with E-state index in [4.69, 9.17) is 4.74 Å². The van der Waals surface area contributed by atoms with E-state index in [9.17, 15) is 4.79 Å². The van der Waals surface area contributed by atoms with E-state index in [1.807, 2.05) is 24.3 Å². The first kappa shape index (κ1) is 15.4. The lowest BCUT2D eigenvalue weighted by molar-refractivity contribution is -0.131. The average Bonchev–Trinajstić information content (AvgIpc) is 2.75. The van der Waals surface area contributed by atoms with E-state index in [0.29, 0.717) is 5.75 Å². The molecular weight excluding hydrogens is 364 g/mol. The van der Waals surface area contributed by atoms with Crippen molar-refractivity contribution in [3.8, 4) is 16.9 Å². The SMILES string of the molecule is CC(=O)Oc1cc2c(c3ccccc13)-c1ccc(Br)cc1C2(C)C. The molecule has 3 heteroatoms. The monoisotopic (exact) mass is 380 g/mol. The molecule has 120 valence electrons. The van der Waals surface area contributed by atoms with E-state index in [-0.39, 0.29) is 11.4 Å². The zero-order valence-electron chi connectivity index (χ0n) is 13.8. The molecule has 24 heavy (non-hydrogen) atoms. The number of hydrogen-bond donors (Lipinski definition) is 0. The summed E-state index contributed by atoms with van der Waals surface area (Å²) in [5, 5.41) is 2.10. The highest BCUT2D eigenvalue weighted by atomic mass is 79.9. The van der Waals surface area contributed by atoms with Crippen molar-refractivity contribution in [1.82, 2.24) is 0 Å². The van der Waals surface area contributed by atoms with Crippen LogP contribution in [0, 0.1) is 0 Å². The maximum atomic E-state index is 11.6. The number of halogens is 1. The molecule has 3 aromatic carbocycles. The van der Waals surface area contributed by atoms with Crippen LogP contribution in [0.2, 0.25) is 0 Å². The van der Waals surface area contributed by atoms with Gasteiger partial charge in [-0.15, -0.1) is 0 Å². The number of esters is 1. The van der Waals surface area contributed by atoms with Crippen LogP contribution < -0.4 is 4.74 Å². The second-order valence-electron chi connectivity index (χ2n) is 6.75. The summed E-state index contributed by atoms with van der Waals surface area (Å²) in [7, 11) is 0. The fraction of sp³-hybridized carbons (Fsp3) is 0.190. The summed E-state index contributed by atoms with van der Waals surface area (Å²) < 4.78 is 6.60. The lowest BCUT2D eigenvalue weighted by Crippen LogP contribution is -2.15. The summed E-state index contributed by atoms with van der Waals surface area (Å²) in [6.07, 6.45) is 0. The molecule has 0 amide bonds. The summed E-state index contributed by atoms with van der Waals surface area (Å²) in [6.45, 7) is 5.88. The van der Waals surface area contributed by atoms with Crippen molar-refractivity contribution < 1.29 is 9.53 Å². The van der Waals surface area contributed by atoms with Crippen LogP contribution in [0.5, 0.6) is 5.75 Å². The van der Waals surface area contributed by atoms with Gasteiger partial charge >= 0.3 is 5.97 Å². The van der Waals surface area contributed by atoms with Gasteiger partial charge in [0.2, 0.25) is 0 Å². The van der Waals surface area contributed by atoms with Crippen LogP contribution in [0.4, 0.5) is 0 Å². The zero-order valence-corrected chi connectivity index (χ0v) is 15.4. The molecule has 0 saturated heterocycles. The third-order valence-corrected chi connectivity index (χ3v) is 5.35. The van der Waals surface area contributed by atoms with Gasteiger partial charge in [0.1, 0.15) is 5.75 Å².